The van der Waals surface area contributed by atoms with Crippen LogP contribution in [0.15, 0.2) is 30.5 Å². The highest BCUT2D eigenvalue weighted by molar-refractivity contribution is 5.88. The fourth-order valence-electron chi connectivity index (χ4n) is 1.59. The van der Waals surface area contributed by atoms with Crippen molar-refractivity contribution < 1.29 is 14.3 Å². The highest BCUT2D eigenvalue weighted by atomic mass is 16.5. The first-order valence-corrected chi connectivity index (χ1v) is 5.99. The Hall–Kier alpha value is -2.63. The molecule has 0 spiro atoms. The van der Waals surface area contributed by atoms with Gasteiger partial charge < -0.3 is 15.2 Å². The number of rotatable bonds is 4. The first kappa shape index (κ1) is 13.8. The molecule has 0 radical (unpaired) electrons. The van der Waals surface area contributed by atoms with Crippen LogP contribution < -0.4 is 10.5 Å². The molecule has 20 heavy (non-hydrogen) atoms. The largest absolute Gasteiger partial charge is 0.483 e. The lowest BCUT2D eigenvalue weighted by molar-refractivity contribution is 0.0600. The van der Waals surface area contributed by atoms with Gasteiger partial charge in [0.05, 0.1) is 18.4 Å². The number of carbonyl (C=O) groups excluding carboxylic acids is 1. The molecule has 0 amide bonds. The molecule has 0 saturated carbocycles. The molecule has 2 aromatic rings. The van der Waals surface area contributed by atoms with Gasteiger partial charge in [0.15, 0.2) is 11.6 Å². The fourth-order valence-corrected chi connectivity index (χ4v) is 1.59. The molecular formula is C14H15N3O3. The zero-order valence-electron chi connectivity index (χ0n) is 11.3. The van der Waals surface area contributed by atoms with Gasteiger partial charge in [-0.15, -0.1) is 0 Å². The lowest BCUT2D eigenvalue weighted by Gasteiger charge is -2.08. The molecule has 0 unspecified atom stereocenters. The average Bonchev–Trinajstić information content (AvgIpc) is 2.46. The van der Waals surface area contributed by atoms with Gasteiger partial charge in [0.2, 0.25) is 0 Å². The Morgan fingerprint density at radius 3 is 2.70 bits per heavy atom. The van der Waals surface area contributed by atoms with Crippen molar-refractivity contribution >= 4 is 11.8 Å². The maximum absolute atomic E-state index is 11.3. The third kappa shape index (κ3) is 3.23. The van der Waals surface area contributed by atoms with E-state index in [1.54, 1.807) is 18.2 Å². The van der Waals surface area contributed by atoms with Gasteiger partial charge in [0, 0.05) is 11.9 Å². The molecule has 0 aliphatic heterocycles. The number of nitrogen functional groups attached to an aromatic ring is 1. The normalized spacial score (nSPS) is 10.1. The highest BCUT2D eigenvalue weighted by Gasteiger charge is 2.07. The van der Waals surface area contributed by atoms with Crippen molar-refractivity contribution in [2.45, 2.75) is 13.5 Å². The minimum Gasteiger partial charge on any atom is -0.483 e. The van der Waals surface area contributed by atoms with E-state index in [4.69, 9.17) is 10.5 Å². The Morgan fingerprint density at radius 2 is 2.10 bits per heavy atom. The second-order valence-corrected chi connectivity index (χ2v) is 4.15. The molecule has 0 aliphatic carbocycles. The summed E-state index contributed by atoms with van der Waals surface area (Å²) in [6, 6.07) is 6.91. The molecule has 0 bridgehead atoms. The molecule has 104 valence electrons. The van der Waals surface area contributed by atoms with E-state index in [2.05, 4.69) is 14.7 Å². The van der Waals surface area contributed by atoms with Crippen LogP contribution >= 0.6 is 0 Å². The number of anilines is 1. The van der Waals surface area contributed by atoms with Crippen LogP contribution in [0.1, 0.15) is 21.7 Å². The molecule has 2 N–H and O–H groups in total. The molecule has 0 aromatic carbocycles. The van der Waals surface area contributed by atoms with Crippen molar-refractivity contribution in [2.24, 2.45) is 0 Å². The molecule has 0 fully saturated rings. The summed E-state index contributed by atoms with van der Waals surface area (Å²) in [7, 11) is 1.33. The summed E-state index contributed by atoms with van der Waals surface area (Å²) >= 11 is 0. The number of pyridine rings is 2. The standard InChI is InChI=1S/C14H15N3O3/c1-9-3-6-12(13(15)17-9)20-8-11-5-4-10(7-16-11)14(18)19-2/h3-7H,8H2,1-2H3,(H2,15,17). The predicted molar refractivity (Wildman–Crippen MR) is 73.3 cm³/mol. The maximum atomic E-state index is 11.3. The van der Waals surface area contributed by atoms with E-state index < -0.39 is 5.97 Å². The molecule has 6 nitrogen and oxygen atoms in total. The first-order valence-electron chi connectivity index (χ1n) is 5.99. The van der Waals surface area contributed by atoms with Crippen molar-refractivity contribution in [1.29, 1.82) is 0 Å². The van der Waals surface area contributed by atoms with Gasteiger partial charge in [0.1, 0.15) is 6.61 Å². The number of methoxy groups -OCH3 is 1. The van der Waals surface area contributed by atoms with Crippen LogP contribution in [0.4, 0.5) is 5.82 Å². The number of carbonyl (C=O) groups is 1. The predicted octanol–water partition coefficient (Wildman–Crippen LogP) is 1.73. The first-order chi connectivity index (χ1) is 9.60. The van der Waals surface area contributed by atoms with Crippen LogP contribution in [-0.4, -0.2) is 23.0 Å². The number of aromatic nitrogens is 2. The molecule has 6 heteroatoms. The highest BCUT2D eigenvalue weighted by Crippen LogP contribution is 2.19. The van der Waals surface area contributed by atoms with E-state index in [0.29, 0.717) is 22.8 Å². The number of esters is 1. The van der Waals surface area contributed by atoms with Crippen LogP contribution in [0.25, 0.3) is 0 Å². The van der Waals surface area contributed by atoms with Crippen LogP contribution in [-0.2, 0) is 11.3 Å². The molecular weight excluding hydrogens is 258 g/mol. The summed E-state index contributed by atoms with van der Waals surface area (Å²) in [5.74, 6) is 0.433. The Bertz CT molecular complexity index is 612. The van der Waals surface area contributed by atoms with E-state index in [-0.39, 0.29) is 6.61 Å². The number of aryl methyl sites for hydroxylation is 1. The average molecular weight is 273 g/mol. The zero-order chi connectivity index (χ0) is 14.5. The van der Waals surface area contributed by atoms with Gasteiger partial charge in [-0.2, -0.15) is 0 Å². The summed E-state index contributed by atoms with van der Waals surface area (Å²) in [4.78, 5) is 19.5. The van der Waals surface area contributed by atoms with Crippen LogP contribution in [0.2, 0.25) is 0 Å². The van der Waals surface area contributed by atoms with E-state index in [9.17, 15) is 4.79 Å². The molecule has 0 atom stereocenters. The SMILES string of the molecule is COC(=O)c1ccc(COc2ccc(C)nc2N)nc1. The summed E-state index contributed by atoms with van der Waals surface area (Å²) in [5.41, 5.74) is 7.65. The number of nitrogens with two attached hydrogens (primary N) is 1. The summed E-state index contributed by atoms with van der Waals surface area (Å²) in [6.07, 6.45) is 1.45. The molecule has 0 aliphatic rings. The Balaban J connectivity index is 2.02. The molecule has 2 rings (SSSR count). The summed E-state index contributed by atoms with van der Waals surface area (Å²) in [5, 5.41) is 0. The quantitative estimate of drug-likeness (QED) is 0.854. The van der Waals surface area contributed by atoms with Crippen LogP contribution in [0.5, 0.6) is 5.75 Å². The van der Waals surface area contributed by atoms with Crippen molar-refractivity contribution in [1.82, 2.24) is 9.97 Å². The summed E-state index contributed by atoms with van der Waals surface area (Å²) in [6.45, 7) is 2.10. The second-order valence-electron chi connectivity index (χ2n) is 4.15. The Morgan fingerprint density at radius 1 is 1.30 bits per heavy atom. The number of hydrogen-bond acceptors (Lipinski definition) is 6. The summed E-state index contributed by atoms with van der Waals surface area (Å²) < 4.78 is 10.1. The monoisotopic (exact) mass is 273 g/mol. The maximum Gasteiger partial charge on any atom is 0.339 e. The third-order valence-electron chi connectivity index (χ3n) is 2.65. The fraction of sp³-hybridized carbons (Fsp3) is 0.214. The van der Waals surface area contributed by atoms with Gasteiger partial charge in [-0.1, -0.05) is 0 Å². The topological polar surface area (TPSA) is 87.3 Å². The second kappa shape index (κ2) is 6.01. The van der Waals surface area contributed by atoms with Gasteiger partial charge in [0.25, 0.3) is 0 Å². The zero-order valence-corrected chi connectivity index (χ0v) is 11.3. The van der Waals surface area contributed by atoms with E-state index in [0.717, 1.165) is 5.69 Å². The van der Waals surface area contributed by atoms with Crippen LogP contribution in [0.3, 0.4) is 0 Å². The Labute approximate surface area is 116 Å². The molecule has 2 aromatic heterocycles. The smallest absolute Gasteiger partial charge is 0.339 e. The molecule has 2 heterocycles. The number of ether oxygens (including phenoxy) is 2. The minimum atomic E-state index is -0.419. The van der Waals surface area contributed by atoms with E-state index >= 15 is 0 Å². The number of nitrogens with zero attached hydrogens (tertiary/aromatic N) is 2. The van der Waals surface area contributed by atoms with Gasteiger partial charge in [-0.25, -0.2) is 9.78 Å². The van der Waals surface area contributed by atoms with Crippen molar-refractivity contribution in [3.8, 4) is 5.75 Å². The third-order valence-corrected chi connectivity index (χ3v) is 2.65. The number of hydrogen-bond donors (Lipinski definition) is 1. The van der Waals surface area contributed by atoms with Crippen molar-refractivity contribution in [2.75, 3.05) is 12.8 Å². The van der Waals surface area contributed by atoms with Crippen molar-refractivity contribution in [3.05, 3.63) is 47.4 Å². The van der Waals surface area contributed by atoms with E-state index in [1.807, 2.05) is 13.0 Å². The lowest BCUT2D eigenvalue weighted by Crippen LogP contribution is -2.05. The Kier molecular flexibility index (Phi) is 4.14. The van der Waals surface area contributed by atoms with E-state index in [1.165, 1.54) is 13.3 Å². The molecule has 0 saturated heterocycles. The lowest BCUT2D eigenvalue weighted by atomic mass is 10.2. The minimum absolute atomic E-state index is 0.246. The van der Waals surface area contributed by atoms with Crippen LogP contribution in [0, 0.1) is 6.92 Å². The van der Waals surface area contributed by atoms with Crippen molar-refractivity contribution in [3.63, 3.8) is 0 Å². The van der Waals surface area contributed by atoms with Gasteiger partial charge in [-0.3, -0.25) is 4.98 Å². The van der Waals surface area contributed by atoms with Gasteiger partial charge in [-0.05, 0) is 31.2 Å². The van der Waals surface area contributed by atoms with Gasteiger partial charge >= 0.3 is 5.97 Å².